The molecule has 0 spiro atoms. The molecule has 0 aromatic heterocycles. The fraction of sp³-hybridized carbons (Fsp3) is 0.875. The number of ketones is 1. The van der Waals surface area contributed by atoms with Gasteiger partial charge in [-0.1, -0.05) is 20.8 Å². The highest BCUT2D eigenvalue weighted by Crippen LogP contribution is 2.23. The molecule has 0 aromatic rings. The molecule has 2 nitrogen and oxygen atoms in total. The molecule has 0 aromatic carbocycles. The fourth-order valence-electron chi connectivity index (χ4n) is 0.457. The van der Waals surface area contributed by atoms with Gasteiger partial charge in [-0.3, -0.25) is 4.79 Å². The second kappa shape index (κ2) is 4.12. The molecule has 0 amide bonds. The van der Waals surface area contributed by atoms with Crippen LogP contribution in [0.5, 0.6) is 0 Å². The van der Waals surface area contributed by atoms with E-state index in [1.54, 1.807) is 11.8 Å². The Hall–Kier alpha value is -0.0200. The Labute approximate surface area is 72.9 Å². The van der Waals surface area contributed by atoms with Gasteiger partial charge >= 0.3 is 0 Å². The molecular weight excluding hydrogens is 158 g/mol. The first-order valence-electron chi connectivity index (χ1n) is 3.73. The van der Waals surface area contributed by atoms with E-state index in [2.05, 4.69) is 20.8 Å². The summed E-state index contributed by atoms with van der Waals surface area (Å²) in [6, 6.07) is -0.292. The van der Waals surface area contributed by atoms with E-state index >= 15 is 0 Å². The Morgan fingerprint density at radius 2 is 2.00 bits per heavy atom. The summed E-state index contributed by atoms with van der Waals surface area (Å²) in [5, 5.41) is 0. The van der Waals surface area contributed by atoms with E-state index < -0.39 is 0 Å². The van der Waals surface area contributed by atoms with Crippen LogP contribution in [-0.2, 0) is 4.79 Å². The lowest BCUT2D eigenvalue weighted by Crippen LogP contribution is -2.32. The monoisotopic (exact) mass is 175 g/mol. The summed E-state index contributed by atoms with van der Waals surface area (Å²) in [5.74, 6) is 0.792. The molecule has 0 rings (SSSR count). The van der Waals surface area contributed by atoms with Crippen LogP contribution in [0.25, 0.3) is 0 Å². The topological polar surface area (TPSA) is 43.1 Å². The molecule has 0 radical (unpaired) electrons. The quantitative estimate of drug-likeness (QED) is 0.705. The largest absolute Gasteiger partial charge is 0.321 e. The molecule has 0 heterocycles. The highest BCUT2D eigenvalue weighted by atomic mass is 32.2. The zero-order chi connectivity index (χ0) is 9.07. The summed E-state index contributed by atoms with van der Waals surface area (Å²) < 4.78 is 0.201. The van der Waals surface area contributed by atoms with Gasteiger partial charge in [-0.25, -0.2) is 0 Å². The summed E-state index contributed by atoms with van der Waals surface area (Å²) in [5.41, 5.74) is 5.55. The van der Waals surface area contributed by atoms with E-state index in [4.69, 9.17) is 5.73 Å². The SMILES string of the molecule is CC(=O)[C@@H](N)CSC(C)(C)C. The molecule has 0 saturated heterocycles. The van der Waals surface area contributed by atoms with E-state index in [0.717, 1.165) is 5.75 Å². The number of carbonyl (C=O) groups excluding carboxylic acids is 1. The van der Waals surface area contributed by atoms with Crippen LogP contribution >= 0.6 is 11.8 Å². The molecular formula is C8H17NOS. The summed E-state index contributed by atoms with van der Waals surface area (Å²) in [4.78, 5) is 10.7. The third kappa shape index (κ3) is 6.38. The van der Waals surface area contributed by atoms with Crippen LogP contribution in [0, 0.1) is 0 Å². The van der Waals surface area contributed by atoms with Gasteiger partial charge < -0.3 is 5.73 Å². The van der Waals surface area contributed by atoms with Gasteiger partial charge in [0.15, 0.2) is 0 Å². The third-order valence-electron chi connectivity index (χ3n) is 1.22. The second-order valence-corrected chi connectivity index (χ2v) is 5.49. The van der Waals surface area contributed by atoms with E-state index in [9.17, 15) is 4.79 Å². The van der Waals surface area contributed by atoms with Crippen molar-refractivity contribution in [2.75, 3.05) is 5.75 Å². The first kappa shape index (κ1) is 11.0. The Balaban J connectivity index is 3.63. The molecule has 2 N–H and O–H groups in total. The summed E-state index contributed by atoms with van der Waals surface area (Å²) >= 11 is 1.72. The first-order valence-corrected chi connectivity index (χ1v) is 4.71. The Bertz CT molecular complexity index is 140. The summed E-state index contributed by atoms with van der Waals surface area (Å²) in [6.45, 7) is 7.88. The number of hydrogen-bond donors (Lipinski definition) is 1. The number of Topliss-reactive ketones (excluding diaryl/α,β-unsaturated/α-hetero) is 1. The maximum Gasteiger partial charge on any atom is 0.147 e. The standard InChI is InChI=1S/C8H17NOS/c1-6(10)7(9)5-11-8(2,3)4/h7H,5,9H2,1-4H3/t7-/m0/s1. The van der Waals surface area contributed by atoms with E-state index in [1.807, 2.05) is 0 Å². The van der Waals surface area contributed by atoms with Crippen molar-refractivity contribution in [1.82, 2.24) is 0 Å². The van der Waals surface area contributed by atoms with Gasteiger partial charge in [0.2, 0.25) is 0 Å². The van der Waals surface area contributed by atoms with Crippen LogP contribution < -0.4 is 5.73 Å². The maximum atomic E-state index is 10.7. The van der Waals surface area contributed by atoms with Gasteiger partial charge in [0.1, 0.15) is 5.78 Å². The van der Waals surface area contributed by atoms with Crippen LogP contribution in [0.15, 0.2) is 0 Å². The minimum absolute atomic E-state index is 0.0711. The van der Waals surface area contributed by atoms with Gasteiger partial charge in [-0.2, -0.15) is 11.8 Å². The molecule has 0 aliphatic heterocycles. The Morgan fingerprint density at radius 3 is 2.27 bits per heavy atom. The van der Waals surface area contributed by atoms with Crippen molar-refractivity contribution >= 4 is 17.5 Å². The number of nitrogens with two attached hydrogens (primary N) is 1. The number of carbonyl (C=O) groups is 1. The Kier molecular flexibility index (Phi) is 4.11. The third-order valence-corrected chi connectivity index (χ3v) is 2.61. The smallest absolute Gasteiger partial charge is 0.147 e. The minimum Gasteiger partial charge on any atom is -0.321 e. The zero-order valence-corrected chi connectivity index (χ0v) is 8.49. The number of thioether (sulfide) groups is 1. The van der Waals surface area contributed by atoms with Crippen molar-refractivity contribution in [1.29, 1.82) is 0 Å². The number of hydrogen-bond acceptors (Lipinski definition) is 3. The lowest BCUT2D eigenvalue weighted by Gasteiger charge is -2.19. The molecule has 0 bridgehead atoms. The van der Waals surface area contributed by atoms with Crippen molar-refractivity contribution in [3.63, 3.8) is 0 Å². The van der Waals surface area contributed by atoms with Crippen LogP contribution in [0.4, 0.5) is 0 Å². The lowest BCUT2D eigenvalue weighted by atomic mass is 10.2. The molecule has 0 fully saturated rings. The molecule has 66 valence electrons. The van der Waals surface area contributed by atoms with Crippen molar-refractivity contribution in [3.05, 3.63) is 0 Å². The molecule has 1 atom stereocenters. The lowest BCUT2D eigenvalue weighted by molar-refractivity contribution is -0.117. The van der Waals surface area contributed by atoms with Gasteiger partial charge in [-0.05, 0) is 6.92 Å². The van der Waals surface area contributed by atoms with Crippen LogP contribution in [0.2, 0.25) is 0 Å². The van der Waals surface area contributed by atoms with Gasteiger partial charge in [0.05, 0.1) is 6.04 Å². The summed E-state index contributed by atoms with van der Waals surface area (Å²) in [7, 11) is 0. The zero-order valence-electron chi connectivity index (χ0n) is 7.68. The highest BCUT2D eigenvalue weighted by molar-refractivity contribution is 8.00. The average Bonchev–Trinajstić information content (AvgIpc) is 1.80. The van der Waals surface area contributed by atoms with Crippen molar-refractivity contribution < 1.29 is 4.79 Å². The van der Waals surface area contributed by atoms with Crippen LogP contribution in [0.1, 0.15) is 27.7 Å². The molecule has 0 unspecified atom stereocenters. The van der Waals surface area contributed by atoms with E-state index in [0.29, 0.717) is 0 Å². The molecule has 0 saturated carbocycles. The molecule has 0 aliphatic rings. The normalized spacial score (nSPS) is 14.6. The first-order chi connectivity index (χ1) is 4.83. The van der Waals surface area contributed by atoms with Crippen LogP contribution in [0.3, 0.4) is 0 Å². The van der Waals surface area contributed by atoms with E-state index in [-0.39, 0.29) is 16.6 Å². The predicted octanol–water partition coefficient (Wildman–Crippen LogP) is 1.43. The Morgan fingerprint density at radius 1 is 1.55 bits per heavy atom. The average molecular weight is 175 g/mol. The van der Waals surface area contributed by atoms with Crippen molar-refractivity contribution in [2.45, 2.75) is 38.5 Å². The van der Waals surface area contributed by atoms with E-state index in [1.165, 1.54) is 6.92 Å². The van der Waals surface area contributed by atoms with Gasteiger partial charge in [0, 0.05) is 10.5 Å². The molecule has 3 heteroatoms. The summed E-state index contributed by atoms with van der Waals surface area (Å²) in [6.07, 6.45) is 0. The molecule has 11 heavy (non-hydrogen) atoms. The van der Waals surface area contributed by atoms with Crippen molar-refractivity contribution in [3.8, 4) is 0 Å². The molecule has 0 aliphatic carbocycles. The highest BCUT2D eigenvalue weighted by Gasteiger charge is 2.15. The predicted molar refractivity (Wildman–Crippen MR) is 50.9 cm³/mol. The minimum atomic E-state index is -0.292. The van der Waals surface area contributed by atoms with Gasteiger partial charge in [0.25, 0.3) is 0 Å². The second-order valence-electron chi connectivity index (χ2n) is 3.64. The maximum absolute atomic E-state index is 10.7. The van der Waals surface area contributed by atoms with Crippen molar-refractivity contribution in [2.24, 2.45) is 5.73 Å². The number of rotatable bonds is 3. The van der Waals surface area contributed by atoms with Gasteiger partial charge in [-0.15, -0.1) is 0 Å². The van der Waals surface area contributed by atoms with Crippen LogP contribution in [-0.4, -0.2) is 22.3 Å². The fourth-order valence-corrected chi connectivity index (χ4v) is 1.37.